The first-order valence-electron chi connectivity index (χ1n) is 12.9. The topological polar surface area (TPSA) is 24.1 Å². The summed E-state index contributed by atoms with van der Waals surface area (Å²) in [5.41, 5.74) is 14.7. The summed E-state index contributed by atoms with van der Waals surface area (Å²) in [5, 5.41) is 0. The highest BCUT2D eigenvalue weighted by molar-refractivity contribution is 5.32. The Morgan fingerprint density at radius 3 is 2.24 bits per heavy atom. The second-order valence-electron chi connectivity index (χ2n) is 8.52. The van der Waals surface area contributed by atoms with Gasteiger partial charge in [0.25, 0.3) is 0 Å². The van der Waals surface area contributed by atoms with Gasteiger partial charge in [-0.25, -0.2) is 0 Å². The average molecular weight is 455 g/mol. The van der Waals surface area contributed by atoms with Crippen LogP contribution in [0.25, 0.3) is 0 Å². The first kappa shape index (κ1) is 33.3. The number of allylic oxidation sites excluding steroid dienone is 4. The van der Waals surface area contributed by atoms with Crippen molar-refractivity contribution in [1.29, 1.82) is 0 Å². The molecule has 2 N–H and O–H groups in total. The van der Waals surface area contributed by atoms with Gasteiger partial charge in [-0.1, -0.05) is 81.2 Å². The van der Waals surface area contributed by atoms with Gasteiger partial charge in [-0.15, -0.1) is 13.2 Å². The molecule has 0 aliphatic heterocycles. The van der Waals surface area contributed by atoms with E-state index in [4.69, 9.17) is 0 Å². The van der Waals surface area contributed by atoms with Gasteiger partial charge in [-0.2, -0.15) is 0 Å². The van der Waals surface area contributed by atoms with Crippen LogP contribution in [-0.2, 0) is 6.42 Å². The summed E-state index contributed by atoms with van der Waals surface area (Å²) in [7, 11) is 1.92. The molecule has 2 heteroatoms. The molecule has 0 saturated heterocycles. The van der Waals surface area contributed by atoms with Gasteiger partial charge in [0, 0.05) is 6.54 Å². The summed E-state index contributed by atoms with van der Waals surface area (Å²) in [6, 6.07) is 6.99. The van der Waals surface area contributed by atoms with Crippen molar-refractivity contribution in [3.8, 4) is 0 Å². The largest absolute Gasteiger partial charge is 0.261 e. The van der Waals surface area contributed by atoms with Crippen molar-refractivity contribution in [2.24, 2.45) is 5.92 Å². The average Bonchev–Trinajstić information content (AvgIpc) is 2.82. The van der Waals surface area contributed by atoms with E-state index < -0.39 is 0 Å². The van der Waals surface area contributed by atoms with Crippen molar-refractivity contribution in [1.82, 2.24) is 10.9 Å². The second-order valence-corrected chi connectivity index (χ2v) is 8.52. The Bertz CT molecular complexity index is 710. The van der Waals surface area contributed by atoms with Gasteiger partial charge < -0.3 is 0 Å². The molecule has 33 heavy (non-hydrogen) atoms. The molecule has 0 aromatic heterocycles. The van der Waals surface area contributed by atoms with Gasteiger partial charge in [0.05, 0.1) is 0 Å². The Morgan fingerprint density at radius 2 is 1.70 bits per heavy atom. The molecule has 1 aromatic carbocycles. The van der Waals surface area contributed by atoms with Gasteiger partial charge >= 0.3 is 0 Å². The van der Waals surface area contributed by atoms with Gasteiger partial charge in [0.2, 0.25) is 0 Å². The third-order valence-electron chi connectivity index (χ3n) is 5.75. The first-order valence-corrected chi connectivity index (χ1v) is 12.9. The molecule has 1 atom stereocenters. The minimum Gasteiger partial charge on any atom is -0.261 e. The van der Waals surface area contributed by atoms with E-state index in [0.29, 0.717) is 0 Å². The van der Waals surface area contributed by atoms with Crippen molar-refractivity contribution in [2.75, 3.05) is 13.6 Å². The molecule has 0 spiro atoms. The van der Waals surface area contributed by atoms with Crippen LogP contribution in [0.15, 0.2) is 66.3 Å². The zero-order chi connectivity index (χ0) is 25.6. The van der Waals surface area contributed by atoms with Gasteiger partial charge in [0.1, 0.15) is 0 Å². The Balaban J connectivity index is 0. The fourth-order valence-electron chi connectivity index (χ4n) is 3.79. The maximum Gasteiger partial charge on any atom is 0.0351 e. The first-order chi connectivity index (χ1) is 15.9. The van der Waals surface area contributed by atoms with Crippen LogP contribution in [-0.4, -0.2) is 13.6 Å². The lowest BCUT2D eigenvalue weighted by atomic mass is 9.88. The van der Waals surface area contributed by atoms with Crippen molar-refractivity contribution in [3.05, 3.63) is 83.0 Å². The molecule has 0 aliphatic carbocycles. The van der Waals surface area contributed by atoms with Gasteiger partial charge in [-0.05, 0) is 95.5 Å². The lowest BCUT2D eigenvalue weighted by Gasteiger charge is -2.17. The molecule has 188 valence electrons. The molecule has 1 aromatic rings. The summed E-state index contributed by atoms with van der Waals surface area (Å²) < 4.78 is 0. The Labute approximate surface area is 207 Å². The molecule has 0 amide bonds. The zero-order valence-corrected chi connectivity index (χ0v) is 23.4. The third-order valence-corrected chi connectivity index (χ3v) is 5.75. The van der Waals surface area contributed by atoms with Crippen LogP contribution >= 0.6 is 0 Å². The fraction of sp³-hybridized carbons (Fsp3) is 0.548. The molecule has 0 aliphatic rings. The van der Waals surface area contributed by atoms with Crippen LogP contribution in [0.3, 0.4) is 0 Å². The Morgan fingerprint density at radius 1 is 1.03 bits per heavy atom. The highest BCUT2D eigenvalue weighted by Gasteiger charge is 2.10. The number of benzene rings is 1. The fourth-order valence-corrected chi connectivity index (χ4v) is 3.79. The third kappa shape index (κ3) is 16.4. The monoisotopic (exact) mass is 454 g/mol. The number of hydrogen-bond donors (Lipinski definition) is 2. The highest BCUT2D eigenvalue weighted by atomic mass is 15.3. The summed E-state index contributed by atoms with van der Waals surface area (Å²) in [6.45, 7) is 24.1. The van der Waals surface area contributed by atoms with Crippen LogP contribution in [0.2, 0.25) is 0 Å². The maximum atomic E-state index is 3.22. The summed E-state index contributed by atoms with van der Waals surface area (Å²) in [5.74, 6) is 0.793. The van der Waals surface area contributed by atoms with Crippen molar-refractivity contribution in [2.45, 2.75) is 93.9 Å². The zero-order valence-electron chi connectivity index (χ0n) is 23.4. The van der Waals surface area contributed by atoms with E-state index in [2.05, 4.69) is 102 Å². The van der Waals surface area contributed by atoms with Crippen molar-refractivity contribution >= 4 is 0 Å². The summed E-state index contributed by atoms with van der Waals surface area (Å²) in [4.78, 5) is 0. The number of aryl methyl sites for hydroxylation is 2. The van der Waals surface area contributed by atoms with Crippen LogP contribution in [0.4, 0.5) is 0 Å². The molecule has 2 nitrogen and oxygen atoms in total. The number of rotatable bonds is 13. The smallest absolute Gasteiger partial charge is 0.0351 e. The second kappa shape index (κ2) is 21.9. The lowest BCUT2D eigenvalue weighted by Crippen LogP contribution is -2.29. The van der Waals surface area contributed by atoms with E-state index in [-0.39, 0.29) is 0 Å². The molecule has 1 unspecified atom stereocenters. The van der Waals surface area contributed by atoms with Crippen molar-refractivity contribution in [3.63, 3.8) is 0 Å². The maximum absolute atomic E-state index is 3.22. The Kier molecular flexibility index (Phi) is 22.1. The van der Waals surface area contributed by atoms with Crippen LogP contribution < -0.4 is 10.9 Å². The molecule has 0 bridgehead atoms. The molecule has 0 heterocycles. The van der Waals surface area contributed by atoms with Crippen LogP contribution in [0.5, 0.6) is 0 Å². The molecule has 0 radical (unpaired) electrons. The number of nitrogens with one attached hydrogen (secondary N) is 2. The Hall–Kier alpha value is -1.90. The van der Waals surface area contributed by atoms with Crippen molar-refractivity contribution < 1.29 is 0 Å². The SMILES string of the molecule is C/C=C(C)/C=C(\C=C(\C)CCCC(CCC)Cc1ccc(C)c(C)c1)CNNC.C=C.CC. The minimum atomic E-state index is 0.793. The van der Waals surface area contributed by atoms with E-state index in [1.54, 1.807) is 0 Å². The predicted molar refractivity (Wildman–Crippen MR) is 153 cm³/mol. The number of hydrazine groups is 1. The normalized spacial score (nSPS) is 12.9. The van der Waals surface area contributed by atoms with E-state index >= 15 is 0 Å². The van der Waals surface area contributed by atoms with Crippen LogP contribution in [0, 0.1) is 19.8 Å². The van der Waals surface area contributed by atoms with Gasteiger partial charge in [-0.3, -0.25) is 10.9 Å². The molecule has 0 saturated carbocycles. The van der Waals surface area contributed by atoms with E-state index in [1.165, 1.54) is 71.9 Å². The van der Waals surface area contributed by atoms with E-state index in [0.717, 1.165) is 12.5 Å². The molecule has 1 rings (SSSR count). The highest BCUT2D eigenvalue weighted by Crippen LogP contribution is 2.23. The summed E-state index contributed by atoms with van der Waals surface area (Å²) in [6.07, 6.45) is 14.4. The standard InChI is InChI=1S/C27H44N2.C2H6.C2H4/c1-8-11-25(19-26-15-14-23(5)24(6)18-26)13-10-12-22(4)17-27(20-29-28-7)16-21(3)9-2;2*1-2/h9,14-18,25,28-29H,8,10-13,19-20H2,1-7H3;1-2H3;1-2H2/b21-9+,22-17-,27-16+;;. The quantitative estimate of drug-likeness (QED) is 0.177. The predicted octanol–water partition coefficient (Wildman–Crippen LogP) is 8.82. The lowest BCUT2D eigenvalue weighted by molar-refractivity contribution is 0.429. The van der Waals surface area contributed by atoms with Gasteiger partial charge in [0.15, 0.2) is 0 Å². The number of hydrogen-bond acceptors (Lipinski definition) is 2. The van der Waals surface area contributed by atoms with E-state index in [1.807, 2.05) is 20.9 Å². The molecule has 0 fully saturated rings. The van der Waals surface area contributed by atoms with Crippen LogP contribution in [0.1, 0.15) is 90.3 Å². The van der Waals surface area contributed by atoms with E-state index in [9.17, 15) is 0 Å². The molecular formula is C31H54N2. The minimum absolute atomic E-state index is 0.793. The summed E-state index contributed by atoms with van der Waals surface area (Å²) >= 11 is 0. The molecular weight excluding hydrogens is 400 g/mol.